The van der Waals surface area contributed by atoms with Gasteiger partial charge < -0.3 is 15.7 Å². The van der Waals surface area contributed by atoms with Gasteiger partial charge in [-0.25, -0.2) is 13.2 Å². The second kappa shape index (κ2) is 6.90. The van der Waals surface area contributed by atoms with Gasteiger partial charge in [0.25, 0.3) is 0 Å². The third kappa shape index (κ3) is 4.23. The van der Waals surface area contributed by atoms with Crippen molar-refractivity contribution in [1.82, 2.24) is 5.32 Å². The van der Waals surface area contributed by atoms with Crippen LogP contribution in [0.15, 0.2) is 12.1 Å². The summed E-state index contributed by atoms with van der Waals surface area (Å²) in [6.07, 6.45) is 0.235. The van der Waals surface area contributed by atoms with Crippen LogP contribution in [0.1, 0.15) is 13.3 Å². The van der Waals surface area contributed by atoms with E-state index in [2.05, 4.69) is 5.32 Å². The van der Waals surface area contributed by atoms with Crippen LogP contribution in [-0.4, -0.2) is 29.6 Å². The van der Waals surface area contributed by atoms with Crippen LogP contribution in [0.25, 0.3) is 0 Å². The lowest BCUT2D eigenvalue weighted by atomic mass is 10.2. The summed E-state index contributed by atoms with van der Waals surface area (Å²) in [5.74, 6) is -6.25. The molecule has 2 amide bonds. The lowest BCUT2D eigenvalue weighted by Gasteiger charge is -2.12. The summed E-state index contributed by atoms with van der Waals surface area (Å²) in [5, 5.41) is 12.7. The van der Waals surface area contributed by atoms with Crippen LogP contribution < -0.4 is 10.6 Å². The summed E-state index contributed by atoms with van der Waals surface area (Å²) in [5.41, 5.74) is -0.640. The number of hydrogen-bond donors (Lipinski definition) is 3. The first-order valence-electron chi connectivity index (χ1n) is 5.72. The number of amides is 2. The molecule has 0 unspecified atom stereocenters. The second-order valence-corrected chi connectivity index (χ2v) is 4.09. The summed E-state index contributed by atoms with van der Waals surface area (Å²) in [7, 11) is 0. The largest absolute Gasteiger partial charge is 0.396 e. The van der Waals surface area contributed by atoms with Crippen LogP contribution in [0.4, 0.5) is 18.9 Å². The van der Waals surface area contributed by atoms with Gasteiger partial charge in [0.05, 0.1) is 5.69 Å². The Kier molecular flexibility index (Phi) is 5.51. The molecule has 0 radical (unpaired) electrons. The van der Waals surface area contributed by atoms with E-state index in [1.54, 1.807) is 6.92 Å². The van der Waals surface area contributed by atoms with Crippen molar-refractivity contribution < 1.29 is 27.9 Å². The van der Waals surface area contributed by atoms with E-state index in [1.165, 1.54) is 0 Å². The highest BCUT2D eigenvalue weighted by atomic mass is 19.2. The number of hydrogen-bond acceptors (Lipinski definition) is 3. The number of anilines is 1. The maximum absolute atomic E-state index is 13.3. The molecule has 1 atom stereocenters. The number of nitrogens with one attached hydrogen (secondary N) is 2. The van der Waals surface area contributed by atoms with E-state index in [9.17, 15) is 22.8 Å². The SMILES string of the molecule is C[C@H](CCO)NC(=O)C(=O)Nc1cc(F)c(F)cc1F. The van der Waals surface area contributed by atoms with E-state index < -0.39 is 41.0 Å². The predicted molar refractivity (Wildman–Crippen MR) is 64.3 cm³/mol. The molecule has 1 rings (SSSR count). The highest BCUT2D eigenvalue weighted by Crippen LogP contribution is 2.18. The van der Waals surface area contributed by atoms with E-state index in [-0.39, 0.29) is 19.1 Å². The minimum Gasteiger partial charge on any atom is -0.396 e. The third-order valence-corrected chi connectivity index (χ3v) is 2.40. The minimum absolute atomic E-state index is 0.180. The number of halogens is 3. The number of rotatable bonds is 4. The zero-order valence-electron chi connectivity index (χ0n) is 10.5. The van der Waals surface area contributed by atoms with Gasteiger partial charge in [-0.1, -0.05) is 0 Å². The van der Waals surface area contributed by atoms with Gasteiger partial charge in [-0.3, -0.25) is 9.59 Å². The van der Waals surface area contributed by atoms with Gasteiger partial charge in [0.1, 0.15) is 5.82 Å². The van der Waals surface area contributed by atoms with Crippen molar-refractivity contribution in [2.45, 2.75) is 19.4 Å². The first-order valence-corrected chi connectivity index (χ1v) is 5.72. The molecule has 20 heavy (non-hydrogen) atoms. The zero-order valence-corrected chi connectivity index (χ0v) is 10.5. The van der Waals surface area contributed by atoms with Crippen LogP contribution in [0, 0.1) is 17.5 Å². The maximum atomic E-state index is 13.3. The fraction of sp³-hybridized carbons (Fsp3) is 0.333. The Morgan fingerprint density at radius 2 is 1.75 bits per heavy atom. The predicted octanol–water partition coefficient (Wildman–Crippen LogP) is 0.929. The Labute approximate surface area is 112 Å². The molecule has 3 N–H and O–H groups in total. The summed E-state index contributed by atoms with van der Waals surface area (Å²) < 4.78 is 38.8. The molecule has 0 spiro atoms. The van der Waals surface area contributed by atoms with E-state index in [1.807, 2.05) is 5.32 Å². The fourth-order valence-electron chi connectivity index (χ4n) is 1.35. The average molecular weight is 290 g/mol. The summed E-state index contributed by atoms with van der Waals surface area (Å²) >= 11 is 0. The summed E-state index contributed by atoms with van der Waals surface area (Å²) in [6.45, 7) is 1.38. The first-order chi connectivity index (χ1) is 9.35. The number of carbonyl (C=O) groups is 2. The molecule has 110 valence electrons. The molecule has 0 fully saturated rings. The van der Waals surface area contributed by atoms with Crippen LogP contribution in [0.2, 0.25) is 0 Å². The molecule has 0 heterocycles. The molecule has 0 aromatic heterocycles. The monoisotopic (exact) mass is 290 g/mol. The smallest absolute Gasteiger partial charge is 0.313 e. The Hall–Kier alpha value is -2.09. The molecular weight excluding hydrogens is 277 g/mol. The standard InChI is InChI=1S/C12H13F3N2O3/c1-6(2-3-18)16-11(19)12(20)17-10-5-8(14)7(13)4-9(10)15/h4-6,18H,2-3H2,1H3,(H,16,19)(H,17,20)/t6-/m1/s1. The maximum Gasteiger partial charge on any atom is 0.313 e. The highest BCUT2D eigenvalue weighted by molar-refractivity contribution is 6.39. The van der Waals surface area contributed by atoms with Gasteiger partial charge in [-0.2, -0.15) is 0 Å². The fourth-order valence-corrected chi connectivity index (χ4v) is 1.35. The number of benzene rings is 1. The Balaban J connectivity index is 2.71. The molecule has 1 aromatic carbocycles. The highest BCUT2D eigenvalue weighted by Gasteiger charge is 2.19. The van der Waals surface area contributed by atoms with Gasteiger partial charge >= 0.3 is 11.8 Å². The van der Waals surface area contributed by atoms with Gasteiger partial charge in [0, 0.05) is 24.8 Å². The molecule has 0 bridgehead atoms. The lowest BCUT2D eigenvalue weighted by Crippen LogP contribution is -2.41. The molecule has 0 aliphatic heterocycles. The van der Waals surface area contributed by atoms with Crippen molar-refractivity contribution in [3.63, 3.8) is 0 Å². The van der Waals surface area contributed by atoms with Crippen LogP contribution >= 0.6 is 0 Å². The van der Waals surface area contributed by atoms with Gasteiger partial charge in [-0.15, -0.1) is 0 Å². The van der Waals surface area contributed by atoms with Crippen molar-refractivity contribution >= 4 is 17.5 Å². The topological polar surface area (TPSA) is 78.4 Å². The molecule has 0 saturated heterocycles. The molecule has 1 aromatic rings. The zero-order chi connectivity index (χ0) is 15.3. The molecular formula is C12H13F3N2O3. The number of aliphatic hydroxyl groups is 1. The molecule has 8 heteroatoms. The van der Waals surface area contributed by atoms with Crippen LogP contribution in [-0.2, 0) is 9.59 Å². The van der Waals surface area contributed by atoms with Crippen molar-refractivity contribution in [3.8, 4) is 0 Å². The Morgan fingerprint density at radius 1 is 1.15 bits per heavy atom. The number of carbonyl (C=O) groups excluding carboxylic acids is 2. The van der Waals surface area contributed by atoms with E-state index in [0.717, 1.165) is 0 Å². The molecule has 0 saturated carbocycles. The average Bonchev–Trinajstić information content (AvgIpc) is 2.35. The summed E-state index contributed by atoms with van der Waals surface area (Å²) in [4.78, 5) is 22.8. The van der Waals surface area contributed by atoms with Gasteiger partial charge in [0.2, 0.25) is 0 Å². The van der Waals surface area contributed by atoms with Crippen LogP contribution in [0.5, 0.6) is 0 Å². The summed E-state index contributed by atoms with van der Waals surface area (Å²) in [6, 6.07) is 0.234. The third-order valence-electron chi connectivity index (χ3n) is 2.40. The Morgan fingerprint density at radius 3 is 2.35 bits per heavy atom. The molecule has 5 nitrogen and oxygen atoms in total. The Bertz CT molecular complexity index is 523. The van der Waals surface area contributed by atoms with Crippen molar-refractivity contribution in [2.75, 3.05) is 11.9 Å². The number of aliphatic hydroxyl groups excluding tert-OH is 1. The van der Waals surface area contributed by atoms with E-state index >= 15 is 0 Å². The van der Waals surface area contributed by atoms with Crippen molar-refractivity contribution in [3.05, 3.63) is 29.6 Å². The van der Waals surface area contributed by atoms with E-state index in [4.69, 9.17) is 5.11 Å². The van der Waals surface area contributed by atoms with Gasteiger partial charge in [0.15, 0.2) is 11.6 Å². The van der Waals surface area contributed by atoms with Crippen molar-refractivity contribution in [1.29, 1.82) is 0 Å². The quantitative estimate of drug-likeness (QED) is 0.570. The van der Waals surface area contributed by atoms with Crippen molar-refractivity contribution in [2.24, 2.45) is 0 Å². The first kappa shape index (κ1) is 16.0. The minimum atomic E-state index is -1.40. The van der Waals surface area contributed by atoms with E-state index in [0.29, 0.717) is 6.07 Å². The molecule has 0 aliphatic rings. The molecule has 0 aliphatic carbocycles. The normalized spacial score (nSPS) is 11.8. The van der Waals surface area contributed by atoms with Gasteiger partial charge in [-0.05, 0) is 13.3 Å². The lowest BCUT2D eigenvalue weighted by molar-refractivity contribution is -0.136. The second-order valence-electron chi connectivity index (χ2n) is 4.09. The van der Waals surface area contributed by atoms with Crippen LogP contribution in [0.3, 0.4) is 0 Å².